The van der Waals surface area contributed by atoms with Crippen molar-refractivity contribution in [1.29, 1.82) is 0 Å². The lowest BCUT2D eigenvalue weighted by Gasteiger charge is -2.11. The van der Waals surface area contributed by atoms with Crippen molar-refractivity contribution < 1.29 is 0 Å². The van der Waals surface area contributed by atoms with Crippen molar-refractivity contribution in [2.75, 3.05) is 6.54 Å². The monoisotopic (exact) mass is 372 g/mol. The highest BCUT2D eigenvalue weighted by atomic mass is 32.1. The largest absolute Gasteiger partial charge is 0.318 e. The van der Waals surface area contributed by atoms with Gasteiger partial charge in [-0.25, -0.2) is 0 Å². The minimum Gasteiger partial charge on any atom is -0.318 e. The van der Waals surface area contributed by atoms with Crippen molar-refractivity contribution in [3.05, 3.63) is 64.0 Å². The fourth-order valence-electron chi connectivity index (χ4n) is 2.35. The van der Waals surface area contributed by atoms with E-state index in [-0.39, 0.29) is 0 Å². The average Bonchev–Trinajstić information content (AvgIpc) is 2.92. The van der Waals surface area contributed by atoms with Gasteiger partial charge in [0.25, 0.3) is 0 Å². The number of nitrogens with zero attached hydrogens (tertiary/aromatic N) is 2. The van der Waals surface area contributed by atoms with Gasteiger partial charge in [-0.1, -0.05) is 62.9 Å². The van der Waals surface area contributed by atoms with Gasteiger partial charge < -0.3 is 4.57 Å². The van der Waals surface area contributed by atoms with E-state index in [4.69, 9.17) is 12.2 Å². The standard InChI is InChI=1S/C17H19NS2.C4H9N/c1-4-9-15-16(14-10-7-6-8-11-14)18(17(19)20-15)12-13(3)5-2;1-3-5-4-2/h5-8,10-11H,2-4,9,12H2,1H3;3H,4H2,1-2H3. The van der Waals surface area contributed by atoms with E-state index in [1.807, 2.05) is 19.9 Å². The number of aliphatic imine (C=N–C) groups is 1. The van der Waals surface area contributed by atoms with Crippen molar-refractivity contribution in [3.8, 4) is 11.3 Å². The molecule has 0 atom stereocenters. The molecule has 2 rings (SSSR count). The highest BCUT2D eigenvalue weighted by molar-refractivity contribution is 7.73. The smallest absolute Gasteiger partial charge is 0.162 e. The zero-order valence-electron chi connectivity index (χ0n) is 15.5. The Morgan fingerprint density at radius 1 is 1.28 bits per heavy atom. The van der Waals surface area contributed by atoms with Crippen LogP contribution in [0.15, 0.2) is 60.1 Å². The van der Waals surface area contributed by atoms with Crippen molar-refractivity contribution in [2.45, 2.75) is 40.2 Å². The van der Waals surface area contributed by atoms with Crippen LogP contribution in [0.4, 0.5) is 0 Å². The first-order valence-electron chi connectivity index (χ1n) is 8.61. The van der Waals surface area contributed by atoms with Gasteiger partial charge in [0.2, 0.25) is 0 Å². The van der Waals surface area contributed by atoms with Crippen LogP contribution in [-0.2, 0) is 13.0 Å². The molecule has 0 N–H and O–H groups in total. The molecule has 0 unspecified atom stereocenters. The summed E-state index contributed by atoms with van der Waals surface area (Å²) in [4.78, 5) is 5.21. The summed E-state index contributed by atoms with van der Waals surface area (Å²) in [5.74, 6) is 0. The number of aryl methyl sites for hydroxylation is 1. The molecular weight excluding hydrogens is 344 g/mol. The fourth-order valence-corrected chi connectivity index (χ4v) is 3.92. The van der Waals surface area contributed by atoms with Crippen LogP contribution in [0.2, 0.25) is 0 Å². The summed E-state index contributed by atoms with van der Waals surface area (Å²) < 4.78 is 3.10. The second kappa shape index (κ2) is 11.7. The Labute approximate surface area is 161 Å². The molecule has 25 heavy (non-hydrogen) atoms. The van der Waals surface area contributed by atoms with E-state index in [0.717, 1.165) is 28.9 Å². The summed E-state index contributed by atoms with van der Waals surface area (Å²) in [5.41, 5.74) is 3.45. The van der Waals surface area contributed by atoms with Crippen LogP contribution in [0.25, 0.3) is 11.3 Å². The van der Waals surface area contributed by atoms with Crippen LogP contribution in [0.5, 0.6) is 0 Å². The molecule has 4 heteroatoms. The lowest BCUT2D eigenvalue weighted by molar-refractivity contribution is 0.801. The van der Waals surface area contributed by atoms with Gasteiger partial charge in [0.1, 0.15) is 0 Å². The molecule has 0 saturated heterocycles. The minimum atomic E-state index is 0.715. The van der Waals surface area contributed by atoms with Gasteiger partial charge in [-0.2, -0.15) is 0 Å². The maximum atomic E-state index is 5.55. The number of benzene rings is 1. The molecule has 0 aliphatic carbocycles. The number of hydrogen-bond donors (Lipinski definition) is 0. The Morgan fingerprint density at radius 3 is 2.44 bits per heavy atom. The lowest BCUT2D eigenvalue weighted by atomic mass is 10.1. The fraction of sp³-hybridized carbons (Fsp3) is 0.333. The second-order valence-electron chi connectivity index (χ2n) is 5.46. The van der Waals surface area contributed by atoms with E-state index in [2.05, 4.69) is 53.9 Å². The van der Waals surface area contributed by atoms with E-state index in [1.54, 1.807) is 23.6 Å². The van der Waals surface area contributed by atoms with Gasteiger partial charge in [0.15, 0.2) is 3.95 Å². The summed E-state index contributed by atoms with van der Waals surface area (Å²) >= 11 is 7.26. The maximum Gasteiger partial charge on any atom is 0.162 e. The molecule has 0 aliphatic rings. The van der Waals surface area contributed by atoms with Crippen molar-refractivity contribution in [2.24, 2.45) is 4.99 Å². The van der Waals surface area contributed by atoms with E-state index in [0.29, 0.717) is 6.54 Å². The molecule has 0 amide bonds. The van der Waals surface area contributed by atoms with Gasteiger partial charge in [-0.05, 0) is 49.8 Å². The summed E-state index contributed by atoms with van der Waals surface area (Å²) in [7, 11) is 0. The summed E-state index contributed by atoms with van der Waals surface area (Å²) in [6, 6.07) is 10.5. The van der Waals surface area contributed by atoms with Crippen LogP contribution in [0, 0.1) is 3.95 Å². The van der Waals surface area contributed by atoms with Crippen LogP contribution in [0.1, 0.15) is 32.1 Å². The summed E-state index contributed by atoms with van der Waals surface area (Å²) in [5, 5.41) is 0. The van der Waals surface area contributed by atoms with Gasteiger partial charge in [0, 0.05) is 18.0 Å². The Balaban J connectivity index is 0.000000550. The zero-order chi connectivity index (χ0) is 18.7. The molecule has 0 aliphatic heterocycles. The van der Waals surface area contributed by atoms with Crippen molar-refractivity contribution in [1.82, 2.24) is 4.57 Å². The number of rotatable bonds is 7. The summed E-state index contributed by atoms with van der Waals surface area (Å²) in [6.07, 6.45) is 5.79. The van der Waals surface area contributed by atoms with Crippen LogP contribution in [-0.4, -0.2) is 17.3 Å². The quantitative estimate of drug-likeness (QED) is 0.299. The molecule has 0 spiro atoms. The molecule has 0 fully saturated rings. The zero-order valence-corrected chi connectivity index (χ0v) is 17.1. The molecule has 1 aromatic heterocycles. The number of allylic oxidation sites excluding steroid dienone is 2. The number of aromatic nitrogens is 1. The third kappa shape index (κ3) is 6.56. The molecule has 1 aromatic carbocycles. The molecule has 2 nitrogen and oxygen atoms in total. The van der Waals surface area contributed by atoms with Gasteiger partial charge in [-0.15, -0.1) is 11.3 Å². The molecule has 0 saturated carbocycles. The van der Waals surface area contributed by atoms with E-state index in [1.165, 1.54) is 16.1 Å². The highest BCUT2D eigenvalue weighted by Crippen LogP contribution is 2.31. The predicted octanol–water partition coefficient (Wildman–Crippen LogP) is 6.74. The number of thiazole rings is 1. The Kier molecular flexibility index (Phi) is 9.97. The first-order valence-corrected chi connectivity index (χ1v) is 9.83. The van der Waals surface area contributed by atoms with Crippen molar-refractivity contribution >= 4 is 29.8 Å². The third-order valence-corrected chi connectivity index (χ3v) is 5.01. The summed E-state index contributed by atoms with van der Waals surface area (Å²) in [6.45, 7) is 15.6. The first-order chi connectivity index (χ1) is 12.1. The average molecular weight is 373 g/mol. The second-order valence-corrected chi connectivity index (χ2v) is 7.19. The predicted molar refractivity (Wildman–Crippen MR) is 117 cm³/mol. The normalized spacial score (nSPS) is 10.4. The molecule has 0 bridgehead atoms. The van der Waals surface area contributed by atoms with Gasteiger partial charge in [-0.3, -0.25) is 4.99 Å². The van der Waals surface area contributed by atoms with E-state index >= 15 is 0 Å². The molecule has 0 radical (unpaired) electrons. The molecule has 134 valence electrons. The third-order valence-electron chi connectivity index (χ3n) is 3.50. The Hall–Kier alpha value is -1.78. The highest BCUT2D eigenvalue weighted by Gasteiger charge is 2.14. The van der Waals surface area contributed by atoms with Crippen molar-refractivity contribution in [3.63, 3.8) is 0 Å². The molecule has 2 aromatic rings. The van der Waals surface area contributed by atoms with Crippen LogP contribution in [0.3, 0.4) is 0 Å². The van der Waals surface area contributed by atoms with Crippen LogP contribution >= 0.6 is 23.6 Å². The molecule has 1 heterocycles. The van der Waals surface area contributed by atoms with Gasteiger partial charge in [0.05, 0.1) is 5.69 Å². The Morgan fingerprint density at radius 2 is 1.96 bits per heavy atom. The van der Waals surface area contributed by atoms with Gasteiger partial charge >= 0.3 is 0 Å². The molecular formula is C21H28N2S2. The minimum absolute atomic E-state index is 0.715. The van der Waals surface area contributed by atoms with E-state index in [9.17, 15) is 0 Å². The Bertz CT molecular complexity index is 752. The number of hydrogen-bond acceptors (Lipinski definition) is 3. The topological polar surface area (TPSA) is 17.3 Å². The van der Waals surface area contributed by atoms with E-state index < -0.39 is 0 Å². The lowest BCUT2D eigenvalue weighted by Crippen LogP contribution is -2.02. The van der Waals surface area contributed by atoms with Crippen LogP contribution < -0.4 is 0 Å². The maximum absolute atomic E-state index is 5.55. The SMILES string of the molecule is C=CC(=C)Cn1c(-c2ccccc2)c(CCC)sc1=S.CC=NCC. The first kappa shape index (κ1) is 21.3.